The standard InChI is InChI=1S/C17H18N4O5/c22-16(19-7-5-17(6-8-19)25-9-10-26-17)13-11-18-20(12-13)14-1-3-15(4-2-14)21(23)24/h1-4,11-12H,5-10H2. The maximum Gasteiger partial charge on any atom is 0.269 e. The number of piperidine rings is 1. The first-order valence-corrected chi connectivity index (χ1v) is 8.43. The molecule has 1 amide bonds. The molecule has 0 unspecified atom stereocenters. The number of ether oxygens (including phenoxy) is 2. The van der Waals surface area contributed by atoms with Crippen LogP contribution in [0.4, 0.5) is 5.69 Å². The summed E-state index contributed by atoms with van der Waals surface area (Å²) in [6, 6.07) is 6.01. The van der Waals surface area contributed by atoms with E-state index in [0.29, 0.717) is 50.4 Å². The molecule has 2 fully saturated rings. The number of carbonyl (C=O) groups excluding carboxylic acids is 1. The summed E-state index contributed by atoms with van der Waals surface area (Å²) in [4.78, 5) is 24.7. The fourth-order valence-electron chi connectivity index (χ4n) is 3.32. The fraction of sp³-hybridized carbons (Fsp3) is 0.412. The van der Waals surface area contributed by atoms with Crippen LogP contribution < -0.4 is 0 Å². The fourth-order valence-corrected chi connectivity index (χ4v) is 3.32. The Bertz CT molecular complexity index is 816. The Kier molecular flexibility index (Phi) is 4.17. The van der Waals surface area contributed by atoms with E-state index in [1.807, 2.05) is 0 Å². The lowest BCUT2D eigenvalue weighted by Gasteiger charge is -2.37. The van der Waals surface area contributed by atoms with Gasteiger partial charge < -0.3 is 14.4 Å². The number of aromatic nitrogens is 2. The molecular formula is C17H18N4O5. The summed E-state index contributed by atoms with van der Waals surface area (Å²) in [6.07, 6.45) is 4.47. The molecule has 1 aromatic carbocycles. The second-order valence-electron chi connectivity index (χ2n) is 6.35. The average molecular weight is 358 g/mol. The second kappa shape index (κ2) is 6.50. The zero-order chi connectivity index (χ0) is 18.1. The van der Waals surface area contributed by atoms with Gasteiger partial charge in [-0.15, -0.1) is 0 Å². The second-order valence-corrected chi connectivity index (χ2v) is 6.35. The number of hydrogen-bond donors (Lipinski definition) is 0. The number of non-ortho nitro benzene ring substituents is 1. The average Bonchev–Trinajstić information content (AvgIpc) is 3.32. The first-order valence-electron chi connectivity index (χ1n) is 8.43. The van der Waals surface area contributed by atoms with Gasteiger partial charge >= 0.3 is 0 Å². The molecule has 4 rings (SSSR count). The van der Waals surface area contributed by atoms with Gasteiger partial charge in [0.25, 0.3) is 11.6 Å². The van der Waals surface area contributed by atoms with Crippen LogP contribution in [-0.2, 0) is 9.47 Å². The van der Waals surface area contributed by atoms with Gasteiger partial charge in [0.2, 0.25) is 0 Å². The summed E-state index contributed by atoms with van der Waals surface area (Å²) in [7, 11) is 0. The van der Waals surface area contributed by atoms with Crippen molar-refractivity contribution in [3.05, 3.63) is 52.3 Å². The number of hydrogen-bond acceptors (Lipinski definition) is 6. The van der Waals surface area contributed by atoms with Gasteiger partial charge in [-0.1, -0.05) is 0 Å². The molecule has 0 atom stereocenters. The SMILES string of the molecule is O=C(c1cnn(-c2ccc([N+](=O)[O-])cc2)c1)N1CCC2(CC1)OCCO2. The molecule has 2 aromatic rings. The van der Waals surface area contributed by atoms with E-state index in [0.717, 1.165) is 0 Å². The van der Waals surface area contributed by atoms with Gasteiger partial charge in [-0.3, -0.25) is 14.9 Å². The third-order valence-electron chi connectivity index (χ3n) is 4.78. The van der Waals surface area contributed by atoms with Crippen molar-refractivity contribution in [2.45, 2.75) is 18.6 Å². The highest BCUT2D eigenvalue weighted by Gasteiger charge is 2.40. The molecule has 0 saturated carbocycles. The highest BCUT2D eigenvalue weighted by molar-refractivity contribution is 5.93. The van der Waals surface area contributed by atoms with E-state index in [4.69, 9.17) is 9.47 Å². The van der Waals surface area contributed by atoms with Gasteiger partial charge in [-0.2, -0.15) is 5.10 Å². The molecule has 9 nitrogen and oxygen atoms in total. The lowest BCUT2D eigenvalue weighted by Crippen LogP contribution is -2.47. The quantitative estimate of drug-likeness (QED) is 0.612. The van der Waals surface area contributed by atoms with Crippen molar-refractivity contribution in [1.82, 2.24) is 14.7 Å². The molecule has 0 bridgehead atoms. The number of carbonyl (C=O) groups is 1. The Morgan fingerprint density at radius 3 is 2.42 bits per heavy atom. The maximum atomic E-state index is 12.7. The minimum atomic E-state index is -0.514. The summed E-state index contributed by atoms with van der Waals surface area (Å²) in [5.41, 5.74) is 1.14. The number of likely N-dealkylation sites (tertiary alicyclic amines) is 1. The van der Waals surface area contributed by atoms with E-state index < -0.39 is 10.7 Å². The monoisotopic (exact) mass is 358 g/mol. The number of nitrogens with zero attached hydrogens (tertiary/aromatic N) is 4. The molecule has 26 heavy (non-hydrogen) atoms. The van der Waals surface area contributed by atoms with E-state index in [2.05, 4.69) is 5.10 Å². The minimum Gasteiger partial charge on any atom is -0.347 e. The van der Waals surface area contributed by atoms with Crippen LogP contribution in [0.1, 0.15) is 23.2 Å². The van der Waals surface area contributed by atoms with Crippen LogP contribution in [0.15, 0.2) is 36.7 Å². The van der Waals surface area contributed by atoms with Crippen molar-refractivity contribution in [3.8, 4) is 5.69 Å². The molecule has 0 N–H and O–H groups in total. The van der Waals surface area contributed by atoms with E-state index in [-0.39, 0.29) is 11.6 Å². The van der Waals surface area contributed by atoms with Crippen molar-refractivity contribution >= 4 is 11.6 Å². The van der Waals surface area contributed by atoms with Crippen LogP contribution >= 0.6 is 0 Å². The van der Waals surface area contributed by atoms with Crippen molar-refractivity contribution in [2.75, 3.05) is 26.3 Å². The molecule has 2 saturated heterocycles. The maximum absolute atomic E-state index is 12.7. The highest BCUT2D eigenvalue weighted by Crippen LogP contribution is 2.31. The van der Waals surface area contributed by atoms with Gasteiger partial charge in [-0.25, -0.2) is 4.68 Å². The van der Waals surface area contributed by atoms with E-state index in [1.54, 1.807) is 23.2 Å². The van der Waals surface area contributed by atoms with Crippen LogP contribution in [0.3, 0.4) is 0 Å². The Labute approximate surface area is 149 Å². The van der Waals surface area contributed by atoms with Crippen LogP contribution in [-0.4, -0.2) is 57.6 Å². The number of benzene rings is 1. The Morgan fingerprint density at radius 2 is 1.81 bits per heavy atom. The Hall–Kier alpha value is -2.78. The Balaban J connectivity index is 1.44. The van der Waals surface area contributed by atoms with Crippen molar-refractivity contribution < 1.29 is 19.2 Å². The predicted molar refractivity (Wildman–Crippen MR) is 90.0 cm³/mol. The summed E-state index contributed by atoms with van der Waals surface area (Å²) >= 11 is 0. The molecule has 2 aliphatic rings. The van der Waals surface area contributed by atoms with Crippen LogP contribution in [0.25, 0.3) is 5.69 Å². The zero-order valence-corrected chi connectivity index (χ0v) is 14.0. The normalized spacial score (nSPS) is 19.0. The first-order chi connectivity index (χ1) is 12.6. The van der Waals surface area contributed by atoms with Gasteiger partial charge in [0.15, 0.2) is 5.79 Å². The Morgan fingerprint density at radius 1 is 1.15 bits per heavy atom. The third-order valence-corrected chi connectivity index (χ3v) is 4.78. The summed E-state index contributed by atoms with van der Waals surface area (Å²) in [5, 5.41) is 14.9. The van der Waals surface area contributed by atoms with Gasteiger partial charge in [0.05, 0.1) is 35.6 Å². The summed E-state index contributed by atoms with van der Waals surface area (Å²) < 4.78 is 12.9. The molecule has 0 radical (unpaired) electrons. The molecular weight excluding hydrogens is 340 g/mol. The molecule has 1 aromatic heterocycles. The van der Waals surface area contributed by atoms with Gasteiger partial charge in [-0.05, 0) is 12.1 Å². The van der Waals surface area contributed by atoms with Crippen molar-refractivity contribution in [3.63, 3.8) is 0 Å². The highest BCUT2D eigenvalue weighted by atomic mass is 16.7. The molecule has 0 aliphatic carbocycles. The van der Waals surface area contributed by atoms with E-state index >= 15 is 0 Å². The number of nitro benzene ring substituents is 1. The molecule has 136 valence electrons. The van der Waals surface area contributed by atoms with Crippen molar-refractivity contribution in [2.24, 2.45) is 0 Å². The van der Waals surface area contributed by atoms with Gasteiger partial charge in [0.1, 0.15) is 0 Å². The first kappa shape index (κ1) is 16.7. The lowest BCUT2D eigenvalue weighted by atomic mass is 10.0. The molecule has 9 heteroatoms. The van der Waals surface area contributed by atoms with Crippen molar-refractivity contribution in [1.29, 1.82) is 0 Å². The largest absolute Gasteiger partial charge is 0.347 e. The van der Waals surface area contributed by atoms with Crippen LogP contribution in [0, 0.1) is 10.1 Å². The van der Waals surface area contributed by atoms with E-state index in [1.165, 1.54) is 23.0 Å². The lowest BCUT2D eigenvalue weighted by molar-refractivity contribution is -0.384. The number of amides is 1. The summed E-state index contributed by atoms with van der Waals surface area (Å²) in [5.74, 6) is -0.606. The molecule has 1 spiro atoms. The van der Waals surface area contributed by atoms with Crippen LogP contribution in [0.2, 0.25) is 0 Å². The molecule has 2 aliphatic heterocycles. The minimum absolute atomic E-state index is 0.0100. The van der Waals surface area contributed by atoms with Crippen LogP contribution in [0.5, 0.6) is 0 Å². The van der Waals surface area contributed by atoms with E-state index in [9.17, 15) is 14.9 Å². The van der Waals surface area contributed by atoms with Gasteiger partial charge in [0, 0.05) is 44.3 Å². The third kappa shape index (κ3) is 3.06. The topological polar surface area (TPSA) is 99.7 Å². The zero-order valence-electron chi connectivity index (χ0n) is 14.0. The smallest absolute Gasteiger partial charge is 0.269 e. The molecule has 3 heterocycles. The summed E-state index contributed by atoms with van der Waals surface area (Å²) in [6.45, 7) is 2.36. The predicted octanol–water partition coefficient (Wildman–Crippen LogP) is 1.76. The number of nitro groups is 1. The number of rotatable bonds is 3.